The first-order valence-corrected chi connectivity index (χ1v) is 10.3. The zero-order chi connectivity index (χ0) is 20.0. The largest absolute Gasteiger partial charge is 0.352 e. The summed E-state index contributed by atoms with van der Waals surface area (Å²) in [5.74, 6) is 0.155. The Balaban J connectivity index is 1.95. The summed E-state index contributed by atoms with van der Waals surface area (Å²) in [7, 11) is -3.70. The van der Waals surface area contributed by atoms with Crippen LogP contribution in [0.2, 0.25) is 0 Å². The fraction of sp³-hybridized carbons (Fsp3) is 0.389. The van der Waals surface area contributed by atoms with Gasteiger partial charge in [-0.2, -0.15) is 0 Å². The van der Waals surface area contributed by atoms with Gasteiger partial charge in [0.25, 0.3) is 5.91 Å². The Bertz CT molecular complexity index is 898. The highest BCUT2D eigenvalue weighted by Gasteiger charge is 2.12. The van der Waals surface area contributed by atoms with Gasteiger partial charge < -0.3 is 10.6 Å². The minimum atomic E-state index is -3.70. The van der Waals surface area contributed by atoms with Crippen LogP contribution in [0, 0.1) is 6.92 Å². The van der Waals surface area contributed by atoms with Crippen LogP contribution < -0.4 is 15.8 Å². The predicted octanol–water partition coefficient (Wildman–Crippen LogP) is 1.62. The summed E-state index contributed by atoms with van der Waals surface area (Å²) in [6, 6.07) is 8.10. The third-order valence-electron chi connectivity index (χ3n) is 4.03. The second-order valence-electron chi connectivity index (χ2n) is 6.37. The molecule has 0 spiro atoms. The lowest BCUT2D eigenvalue weighted by Gasteiger charge is -2.13. The fourth-order valence-corrected chi connectivity index (χ4v) is 2.84. The maximum absolute atomic E-state index is 12.4. The molecule has 1 unspecified atom stereocenters. The molecule has 2 aromatic rings. The lowest BCUT2D eigenvalue weighted by Crippen LogP contribution is -2.27. The summed E-state index contributed by atoms with van der Waals surface area (Å²) in [5.41, 5.74) is 1.90. The molecular formula is C18H25N5O3S. The van der Waals surface area contributed by atoms with E-state index in [1.54, 1.807) is 18.2 Å². The topological polar surface area (TPSA) is 127 Å². The number of benzene rings is 1. The highest BCUT2D eigenvalue weighted by molar-refractivity contribution is 7.89. The van der Waals surface area contributed by atoms with E-state index in [-0.39, 0.29) is 16.8 Å². The highest BCUT2D eigenvalue weighted by Crippen LogP contribution is 2.10. The molecule has 0 saturated carbocycles. The number of hydrogen-bond acceptors (Lipinski definition) is 6. The molecule has 2 rings (SSSR count). The van der Waals surface area contributed by atoms with Crippen LogP contribution >= 0.6 is 0 Å². The van der Waals surface area contributed by atoms with Crippen LogP contribution in [0.15, 0.2) is 35.2 Å². The first kappa shape index (κ1) is 20.8. The van der Waals surface area contributed by atoms with Gasteiger partial charge in [-0.3, -0.25) is 4.79 Å². The summed E-state index contributed by atoms with van der Waals surface area (Å²) < 4.78 is 22.5. The summed E-state index contributed by atoms with van der Waals surface area (Å²) in [4.78, 5) is 21.0. The van der Waals surface area contributed by atoms with Gasteiger partial charge >= 0.3 is 0 Å². The van der Waals surface area contributed by atoms with Crippen LogP contribution in [0.5, 0.6) is 0 Å². The van der Waals surface area contributed by atoms with Crippen molar-refractivity contribution >= 4 is 21.9 Å². The molecule has 1 aromatic heterocycles. The van der Waals surface area contributed by atoms with Gasteiger partial charge in [0.15, 0.2) is 0 Å². The lowest BCUT2D eigenvalue weighted by molar-refractivity contribution is 0.0949. The maximum atomic E-state index is 12.4. The van der Waals surface area contributed by atoms with Gasteiger partial charge in [0, 0.05) is 18.3 Å². The van der Waals surface area contributed by atoms with Gasteiger partial charge in [-0.1, -0.05) is 19.1 Å². The van der Waals surface area contributed by atoms with Crippen LogP contribution in [-0.2, 0) is 16.4 Å². The van der Waals surface area contributed by atoms with E-state index in [2.05, 4.69) is 27.5 Å². The number of aromatic nitrogens is 2. The Labute approximate surface area is 159 Å². The molecule has 1 aromatic carbocycles. The van der Waals surface area contributed by atoms with E-state index in [1.807, 2.05) is 13.8 Å². The standard InChI is InChI=1S/C18H25N5O3S/c1-4-12(2)21-18-22-13(3)11-16(23-18)17(24)20-10-9-14-5-7-15(8-6-14)27(19,25)26/h5-8,11-12H,4,9-10H2,1-3H3,(H,20,24)(H2,19,25,26)(H,21,22,23). The van der Waals surface area contributed by atoms with E-state index in [0.29, 0.717) is 30.3 Å². The van der Waals surface area contributed by atoms with Gasteiger partial charge in [0.05, 0.1) is 4.90 Å². The molecule has 4 N–H and O–H groups in total. The van der Waals surface area contributed by atoms with Crippen molar-refractivity contribution < 1.29 is 13.2 Å². The molecule has 27 heavy (non-hydrogen) atoms. The van der Waals surface area contributed by atoms with E-state index >= 15 is 0 Å². The molecule has 0 radical (unpaired) electrons. The molecule has 1 heterocycles. The lowest BCUT2D eigenvalue weighted by atomic mass is 10.1. The number of aryl methyl sites for hydroxylation is 1. The van der Waals surface area contributed by atoms with Gasteiger partial charge in [-0.25, -0.2) is 23.5 Å². The molecule has 0 aliphatic carbocycles. The average molecular weight is 391 g/mol. The van der Waals surface area contributed by atoms with E-state index < -0.39 is 10.0 Å². The molecular weight excluding hydrogens is 366 g/mol. The smallest absolute Gasteiger partial charge is 0.270 e. The second kappa shape index (κ2) is 8.92. The molecule has 1 amide bonds. The van der Waals surface area contributed by atoms with E-state index in [1.165, 1.54) is 12.1 Å². The quantitative estimate of drug-likeness (QED) is 0.627. The SMILES string of the molecule is CCC(C)Nc1nc(C)cc(C(=O)NCCc2ccc(S(N)(=O)=O)cc2)n1. The summed E-state index contributed by atoms with van der Waals surface area (Å²) in [6.07, 6.45) is 1.47. The maximum Gasteiger partial charge on any atom is 0.270 e. The normalized spacial score (nSPS) is 12.4. The highest BCUT2D eigenvalue weighted by atomic mass is 32.2. The predicted molar refractivity (Wildman–Crippen MR) is 104 cm³/mol. The number of amides is 1. The van der Waals surface area contributed by atoms with Crippen molar-refractivity contribution in [1.82, 2.24) is 15.3 Å². The first-order valence-electron chi connectivity index (χ1n) is 8.71. The summed E-state index contributed by atoms with van der Waals surface area (Å²) >= 11 is 0. The van der Waals surface area contributed by atoms with Crippen molar-refractivity contribution in [2.75, 3.05) is 11.9 Å². The molecule has 0 aliphatic rings. The molecule has 0 bridgehead atoms. The number of primary sulfonamides is 1. The molecule has 1 atom stereocenters. The number of sulfonamides is 1. The van der Waals surface area contributed by atoms with Crippen LogP contribution in [0.4, 0.5) is 5.95 Å². The van der Waals surface area contributed by atoms with Crippen LogP contribution in [0.1, 0.15) is 42.0 Å². The van der Waals surface area contributed by atoms with Gasteiger partial charge in [-0.05, 0) is 50.5 Å². The fourth-order valence-electron chi connectivity index (χ4n) is 2.33. The third-order valence-corrected chi connectivity index (χ3v) is 4.96. The van der Waals surface area contributed by atoms with E-state index in [0.717, 1.165) is 12.0 Å². The molecule has 8 nitrogen and oxygen atoms in total. The zero-order valence-corrected chi connectivity index (χ0v) is 16.5. The number of hydrogen-bond donors (Lipinski definition) is 3. The first-order chi connectivity index (χ1) is 12.7. The monoisotopic (exact) mass is 391 g/mol. The Morgan fingerprint density at radius 3 is 2.48 bits per heavy atom. The number of carbonyl (C=O) groups is 1. The third kappa shape index (κ3) is 6.30. The molecule has 0 fully saturated rings. The number of nitrogens with one attached hydrogen (secondary N) is 2. The minimum Gasteiger partial charge on any atom is -0.352 e. The Hall–Kier alpha value is -2.52. The van der Waals surface area contributed by atoms with E-state index in [4.69, 9.17) is 5.14 Å². The number of anilines is 1. The van der Waals surface area contributed by atoms with Crippen molar-refractivity contribution in [2.45, 2.75) is 44.6 Å². The van der Waals surface area contributed by atoms with Gasteiger partial charge in [0.1, 0.15) is 5.69 Å². The van der Waals surface area contributed by atoms with Crippen molar-refractivity contribution in [2.24, 2.45) is 5.14 Å². The second-order valence-corrected chi connectivity index (χ2v) is 7.93. The average Bonchev–Trinajstić information content (AvgIpc) is 2.60. The van der Waals surface area contributed by atoms with Crippen molar-refractivity contribution in [3.05, 3.63) is 47.3 Å². The molecule has 9 heteroatoms. The summed E-state index contributed by atoms with van der Waals surface area (Å²) in [5, 5.41) is 11.1. The van der Waals surface area contributed by atoms with Gasteiger partial charge in [0.2, 0.25) is 16.0 Å². The number of carbonyl (C=O) groups excluding carboxylic acids is 1. The number of rotatable bonds is 8. The summed E-state index contributed by atoms with van der Waals surface area (Å²) in [6.45, 7) is 6.28. The Morgan fingerprint density at radius 1 is 1.22 bits per heavy atom. The van der Waals surface area contributed by atoms with Crippen LogP contribution in [0.25, 0.3) is 0 Å². The minimum absolute atomic E-state index is 0.0630. The van der Waals surface area contributed by atoms with Crippen molar-refractivity contribution in [3.8, 4) is 0 Å². The zero-order valence-electron chi connectivity index (χ0n) is 15.7. The number of nitrogens with two attached hydrogens (primary N) is 1. The van der Waals surface area contributed by atoms with Crippen molar-refractivity contribution in [1.29, 1.82) is 0 Å². The number of nitrogens with zero attached hydrogens (tertiary/aromatic N) is 2. The van der Waals surface area contributed by atoms with Gasteiger partial charge in [-0.15, -0.1) is 0 Å². The molecule has 146 valence electrons. The molecule has 0 saturated heterocycles. The Morgan fingerprint density at radius 2 is 1.89 bits per heavy atom. The van der Waals surface area contributed by atoms with Crippen molar-refractivity contribution in [3.63, 3.8) is 0 Å². The van der Waals surface area contributed by atoms with Crippen LogP contribution in [-0.4, -0.2) is 36.9 Å². The van der Waals surface area contributed by atoms with Crippen LogP contribution in [0.3, 0.4) is 0 Å². The Kier molecular flexibility index (Phi) is 6.86. The molecule has 0 aliphatic heterocycles. The van der Waals surface area contributed by atoms with E-state index in [9.17, 15) is 13.2 Å².